The normalized spacial score (nSPS) is 13.5. The molecular weight excluding hydrogens is 459 g/mol. The van der Waals surface area contributed by atoms with Gasteiger partial charge in [0.1, 0.15) is 14.1 Å². The van der Waals surface area contributed by atoms with Crippen LogP contribution in [0, 0.1) is 11.3 Å². The lowest BCUT2D eigenvalue weighted by atomic mass is 10.0. The van der Waals surface area contributed by atoms with E-state index in [4.69, 9.17) is 16.6 Å². The van der Waals surface area contributed by atoms with Crippen LogP contribution in [0.1, 0.15) is 97.3 Å². The second-order valence-electron chi connectivity index (χ2n) is 9.23. The fourth-order valence-electron chi connectivity index (χ4n) is 3.13. The highest BCUT2D eigenvalue weighted by molar-refractivity contribution is 8.47. The lowest BCUT2D eigenvalue weighted by Crippen LogP contribution is -2.29. The second kappa shape index (κ2) is 18.5. The van der Waals surface area contributed by atoms with Crippen LogP contribution in [-0.4, -0.2) is 35.2 Å². The summed E-state index contributed by atoms with van der Waals surface area (Å²) in [6, 6.07) is 3.22. The number of thioether (sulfide) groups is 2. The Labute approximate surface area is 207 Å². The van der Waals surface area contributed by atoms with Crippen LogP contribution in [0.5, 0.6) is 0 Å². The van der Waals surface area contributed by atoms with Crippen LogP contribution in [0.25, 0.3) is 0 Å². The van der Waals surface area contributed by atoms with Gasteiger partial charge >= 0.3 is 0 Å². The first-order chi connectivity index (χ1) is 14.7. The van der Waals surface area contributed by atoms with Crippen molar-refractivity contribution in [1.82, 2.24) is 0 Å². The van der Waals surface area contributed by atoms with E-state index in [0.717, 1.165) is 15.3 Å². The van der Waals surface area contributed by atoms with Gasteiger partial charge in [0, 0.05) is 20.0 Å². The Hall–Kier alpha value is 0.127. The minimum absolute atomic E-state index is 0.226. The van der Waals surface area contributed by atoms with Gasteiger partial charge in [0.25, 0.3) is 0 Å². The van der Waals surface area contributed by atoms with E-state index < -0.39 is 13.1 Å². The molecule has 0 amide bonds. The van der Waals surface area contributed by atoms with E-state index in [-0.39, 0.29) is 5.78 Å². The highest BCUT2D eigenvalue weighted by atomic mass is 32.2. The number of hydrogen-bond donors (Lipinski definition) is 0. The molecule has 0 aliphatic rings. The predicted molar refractivity (Wildman–Crippen MR) is 147 cm³/mol. The topological polar surface area (TPSA) is 50.1 Å². The van der Waals surface area contributed by atoms with Crippen molar-refractivity contribution in [2.24, 2.45) is 0 Å². The van der Waals surface area contributed by atoms with E-state index in [1.54, 1.807) is 18.9 Å². The molecule has 0 radical (unpaired) electrons. The van der Waals surface area contributed by atoms with E-state index in [1.807, 2.05) is 6.92 Å². The first-order valence-electron chi connectivity index (χ1n) is 12.0. The summed E-state index contributed by atoms with van der Waals surface area (Å²) in [5.41, 5.74) is 0. The molecule has 180 valence electrons. The van der Waals surface area contributed by atoms with E-state index in [9.17, 15) is 10.1 Å². The molecule has 0 spiro atoms. The first-order valence-corrected chi connectivity index (χ1v) is 17.3. The highest BCUT2D eigenvalue weighted by Crippen LogP contribution is 2.35. The molecule has 0 aromatic carbocycles. The van der Waals surface area contributed by atoms with Crippen molar-refractivity contribution >= 4 is 53.4 Å². The van der Waals surface area contributed by atoms with Gasteiger partial charge in [-0.1, -0.05) is 88.7 Å². The van der Waals surface area contributed by atoms with Crippen LogP contribution < -0.4 is 0 Å². The molecule has 1 unspecified atom stereocenters. The van der Waals surface area contributed by atoms with Crippen molar-refractivity contribution in [2.45, 2.75) is 121 Å². The average Bonchev–Trinajstić information content (AvgIpc) is 2.74. The molecule has 1 atom stereocenters. The van der Waals surface area contributed by atoms with Crippen molar-refractivity contribution in [1.29, 1.82) is 5.26 Å². The summed E-state index contributed by atoms with van der Waals surface area (Å²) in [6.45, 7) is 8.42. The maximum absolute atomic E-state index is 12.2. The van der Waals surface area contributed by atoms with Crippen molar-refractivity contribution in [3.8, 4) is 6.07 Å². The quantitative estimate of drug-likeness (QED) is 0.0999. The van der Waals surface area contributed by atoms with Gasteiger partial charge in [-0.3, -0.25) is 4.79 Å². The zero-order valence-corrected chi connectivity index (χ0v) is 24.0. The zero-order chi connectivity index (χ0) is 23.6. The summed E-state index contributed by atoms with van der Waals surface area (Å²) in [7, 11) is 0.0289. The summed E-state index contributed by atoms with van der Waals surface area (Å²) < 4.78 is 5.72. The van der Waals surface area contributed by atoms with Gasteiger partial charge < -0.3 is 4.43 Å². The Bertz CT molecular complexity index is 551. The van der Waals surface area contributed by atoms with Gasteiger partial charge in [0.05, 0.1) is 6.07 Å². The van der Waals surface area contributed by atoms with Crippen molar-refractivity contribution in [2.75, 3.05) is 12.9 Å². The summed E-state index contributed by atoms with van der Waals surface area (Å²) in [6.07, 6.45) is 14.9. The minimum atomic E-state index is -1.70. The second-order valence-corrected chi connectivity index (χ2v) is 17.5. The Morgan fingerprint density at radius 3 is 2.10 bits per heavy atom. The first kappa shape index (κ1) is 31.1. The number of rotatable bonds is 19. The zero-order valence-electron chi connectivity index (χ0n) is 20.6. The van der Waals surface area contributed by atoms with Crippen molar-refractivity contribution < 1.29 is 9.22 Å². The third-order valence-corrected chi connectivity index (χ3v) is 11.1. The number of nitrogens with zero attached hydrogens (tertiary/aromatic N) is 1. The van der Waals surface area contributed by atoms with Gasteiger partial charge in [-0.05, 0) is 44.7 Å². The molecule has 0 heterocycles. The molecule has 0 rings (SSSR count). The van der Waals surface area contributed by atoms with Crippen LogP contribution in [-0.2, 0) is 9.22 Å². The molecule has 7 heteroatoms. The minimum Gasteiger partial charge on any atom is -0.420 e. The number of nitriles is 1. The maximum Gasteiger partial charge on any atom is 0.186 e. The molecule has 31 heavy (non-hydrogen) atoms. The average molecular weight is 504 g/mol. The largest absolute Gasteiger partial charge is 0.420 e. The van der Waals surface area contributed by atoms with Gasteiger partial charge in [0.2, 0.25) is 0 Å². The predicted octanol–water partition coefficient (Wildman–Crippen LogP) is 8.53. The number of ketones is 1. The molecule has 3 nitrogen and oxygen atoms in total. The summed E-state index contributed by atoms with van der Waals surface area (Å²) in [4.78, 5) is 12.2. The fraction of sp³-hybridized carbons (Fsp3) is 0.875. The smallest absolute Gasteiger partial charge is 0.186 e. The monoisotopic (exact) mass is 503 g/mol. The van der Waals surface area contributed by atoms with Crippen LogP contribution in [0.3, 0.4) is 0 Å². The number of hydrogen-bond acceptors (Lipinski definition) is 6. The van der Waals surface area contributed by atoms with Crippen molar-refractivity contribution in [3.63, 3.8) is 0 Å². The molecule has 0 aliphatic carbocycles. The molecule has 0 bridgehead atoms. The van der Waals surface area contributed by atoms with Gasteiger partial charge in [-0.25, -0.2) is 0 Å². The summed E-state index contributed by atoms with van der Waals surface area (Å²) in [5, 5.41) is 9.64. The molecule has 0 saturated carbocycles. The van der Waals surface area contributed by atoms with Gasteiger partial charge in [-0.2, -0.15) is 5.26 Å². The number of Topliss-reactive ketones (excluding diaryl/α,β-unsaturated/α-hetero) is 1. The van der Waals surface area contributed by atoms with Crippen LogP contribution in [0.4, 0.5) is 0 Å². The maximum atomic E-state index is 12.2. The van der Waals surface area contributed by atoms with Gasteiger partial charge in [0.15, 0.2) is 8.32 Å². The highest BCUT2D eigenvalue weighted by Gasteiger charge is 2.28. The number of carbonyl (C=O) groups is 1. The van der Waals surface area contributed by atoms with E-state index in [0.29, 0.717) is 19.3 Å². The standard InChI is InChI=1S/C24H45NO2S3Si/c1-6-7-8-9-10-11-12-13-14-15-19-29-23(28)30-24(2,21-25)18-16-22(26)17-20-31(4,5)27-3/h6-20H2,1-5H3. The Morgan fingerprint density at radius 2 is 1.58 bits per heavy atom. The summed E-state index contributed by atoms with van der Waals surface area (Å²) in [5.74, 6) is 1.25. The Kier molecular flexibility index (Phi) is 18.6. The fourth-order valence-corrected chi connectivity index (χ4v) is 7.19. The van der Waals surface area contributed by atoms with Crippen LogP contribution in [0.2, 0.25) is 19.1 Å². The molecule has 0 fully saturated rings. The Morgan fingerprint density at radius 1 is 1.03 bits per heavy atom. The van der Waals surface area contributed by atoms with E-state index >= 15 is 0 Å². The molecule has 0 aromatic rings. The third-order valence-electron chi connectivity index (χ3n) is 5.70. The molecule has 0 aliphatic heterocycles. The Balaban J connectivity index is 3.92. The van der Waals surface area contributed by atoms with Crippen LogP contribution >= 0.6 is 35.7 Å². The van der Waals surface area contributed by atoms with Crippen molar-refractivity contribution in [3.05, 3.63) is 0 Å². The van der Waals surface area contributed by atoms with Crippen LogP contribution in [0.15, 0.2) is 0 Å². The SMILES string of the molecule is CCCCCCCCCCCCSC(=S)SC(C)(C#N)CCC(=O)CC[Si](C)(C)OC. The van der Waals surface area contributed by atoms with E-state index in [2.05, 4.69) is 26.1 Å². The molecule has 0 saturated heterocycles. The van der Waals surface area contributed by atoms with Gasteiger partial charge in [-0.15, -0.1) is 11.8 Å². The van der Waals surface area contributed by atoms with E-state index in [1.165, 1.54) is 76.0 Å². The molecular formula is C24H45NO2S3Si. The number of unbranched alkanes of at least 4 members (excludes halogenated alkanes) is 9. The lowest BCUT2D eigenvalue weighted by molar-refractivity contribution is -0.118. The molecule has 0 N–H and O–H groups in total. The molecule has 0 aromatic heterocycles. The summed E-state index contributed by atoms with van der Waals surface area (Å²) >= 11 is 8.67. The number of thiocarbonyl (C=S) groups is 1. The lowest BCUT2D eigenvalue weighted by Gasteiger charge is -2.22. The third kappa shape index (κ3) is 18.3. The number of carbonyl (C=O) groups excluding carboxylic acids is 1.